The van der Waals surface area contributed by atoms with E-state index in [1.165, 1.54) is 6.07 Å². The number of rotatable bonds is 6. The van der Waals surface area contributed by atoms with Crippen LogP contribution in [0.15, 0.2) is 36.5 Å². The molecule has 0 radical (unpaired) electrons. The van der Waals surface area contributed by atoms with E-state index in [1.54, 1.807) is 0 Å². The second-order valence-corrected chi connectivity index (χ2v) is 7.83. The zero-order valence-corrected chi connectivity index (χ0v) is 18.1. The first kappa shape index (κ1) is 21.0. The molecule has 164 valence electrons. The molecule has 0 atom stereocenters. The standard InChI is InChI=1S/C22H24N8O2/c1-12-6-13(2)8-16(7-12)17-10-19-26-14(3)11-29(19)22(27-17)25-5-4-15-9-18(23)28-21(24)20(15)30(31)32/h6-11H,4-5H2,1-3H3,(H,25,27)(H4,23,24,28). The largest absolute Gasteiger partial charge is 0.384 e. The van der Waals surface area contributed by atoms with Crippen LogP contribution in [0.1, 0.15) is 22.4 Å². The van der Waals surface area contributed by atoms with Crippen LogP contribution in [0.4, 0.5) is 23.3 Å². The van der Waals surface area contributed by atoms with Gasteiger partial charge >= 0.3 is 5.69 Å². The van der Waals surface area contributed by atoms with E-state index in [0.717, 1.165) is 33.7 Å². The fourth-order valence-corrected chi connectivity index (χ4v) is 3.85. The number of fused-ring (bicyclic) bond motifs is 1. The Bertz CT molecular complexity index is 1330. The van der Waals surface area contributed by atoms with E-state index in [9.17, 15) is 10.1 Å². The van der Waals surface area contributed by atoms with Gasteiger partial charge in [-0.15, -0.1) is 0 Å². The Morgan fingerprint density at radius 2 is 1.75 bits per heavy atom. The molecule has 0 spiro atoms. The van der Waals surface area contributed by atoms with E-state index in [1.807, 2.05) is 37.4 Å². The summed E-state index contributed by atoms with van der Waals surface area (Å²) in [5.41, 5.74) is 17.4. The molecule has 5 N–H and O–H groups in total. The molecule has 4 rings (SSSR count). The van der Waals surface area contributed by atoms with E-state index in [4.69, 9.17) is 16.5 Å². The highest BCUT2D eigenvalue weighted by Crippen LogP contribution is 2.27. The van der Waals surface area contributed by atoms with Crippen LogP contribution >= 0.6 is 0 Å². The topological polar surface area (TPSA) is 150 Å². The molecule has 0 amide bonds. The lowest BCUT2D eigenvalue weighted by atomic mass is 10.0. The molecule has 1 aromatic carbocycles. The van der Waals surface area contributed by atoms with Crippen LogP contribution in [0, 0.1) is 30.9 Å². The number of aromatic nitrogens is 4. The van der Waals surface area contributed by atoms with Crippen molar-refractivity contribution < 1.29 is 4.92 Å². The van der Waals surface area contributed by atoms with Gasteiger partial charge < -0.3 is 16.8 Å². The summed E-state index contributed by atoms with van der Waals surface area (Å²) in [6, 6.07) is 9.70. The van der Waals surface area contributed by atoms with Gasteiger partial charge in [0.15, 0.2) is 0 Å². The number of benzene rings is 1. The lowest BCUT2D eigenvalue weighted by molar-refractivity contribution is -0.384. The first-order valence-corrected chi connectivity index (χ1v) is 10.1. The van der Waals surface area contributed by atoms with Crippen molar-refractivity contribution in [1.82, 2.24) is 19.4 Å². The van der Waals surface area contributed by atoms with Gasteiger partial charge in [0.2, 0.25) is 11.8 Å². The quantitative estimate of drug-likeness (QED) is 0.310. The Labute approximate surface area is 184 Å². The maximum atomic E-state index is 11.4. The number of hydrogen-bond acceptors (Lipinski definition) is 8. The van der Waals surface area contributed by atoms with Crippen LogP contribution in [0.2, 0.25) is 0 Å². The summed E-state index contributed by atoms with van der Waals surface area (Å²) >= 11 is 0. The van der Waals surface area contributed by atoms with Crippen molar-refractivity contribution in [2.75, 3.05) is 23.3 Å². The smallest absolute Gasteiger partial charge is 0.314 e. The molecular weight excluding hydrogens is 408 g/mol. The minimum Gasteiger partial charge on any atom is -0.384 e. The summed E-state index contributed by atoms with van der Waals surface area (Å²) in [7, 11) is 0. The lowest BCUT2D eigenvalue weighted by Crippen LogP contribution is -2.13. The molecule has 0 aliphatic rings. The SMILES string of the molecule is Cc1cc(C)cc(-c2cc3nc(C)cn3c(NCCc3cc(N)nc(N)c3[N+](=O)[O-])n2)c1. The Kier molecular flexibility index (Phi) is 5.35. The van der Waals surface area contributed by atoms with Crippen LogP contribution in [-0.2, 0) is 6.42 Å². The number of hydrogen-bond donors (Lipinski definition) is 3. The van der Waals surface area contributed by atoms with Crippen molar-refractivity contribution in [3.63, 3.8) is 0 Å². The molecule has 0 aliphatic carbocycles. The van der Waals surface area contributed by atoms with Crippen molar-refractivity contribution in [2.24, 2.45) is 0 Å². The second kappa shape index (κ2) is 8.14. The fourth-order valence-electron chi connectivity index (χ4n) is 3.85. The summed E-state index contributed by atoms with van der Waals surface area (Å²) < 4.78 is 1.87. The molecule has 4 aromatic rings. The highest BCUT2D eigenvalue weighted by Gasteiger charge is 2.20. The normalized spacial score (nSPS) is 11.1. The van der Waals surface area contributed by atoms with E-state index < -0.39 is 4.92 Å². The molecule has 0 aliphatic heterocycles. The van der Waals surface area contributed by atoms with Crippen LogP contribution in [-0.4, -0.2) is 30.8 Å². The summed E-state index contributed by atoms with van der Waals surface area (Å²) in [6.07, 6.45) is 2.21. The van der Waals surface area contributed by atoms with Crippen LogP contribution in [0.25, 0.3) is 16.9 Å². The van der Waals surface area contributed by atoms with Gasteiger partial charge in [0.1, 0.15) is 11.5 Å². The number of nitrogens with zero attached hydrogens (tertiary/aromatic N) is 5. The van der Waals surface area contributed by atoms with Gasteiger partial charge in [-0.1, -0.05) is 17.2 Å². The molecule has 3 aromatic heterocycles. The Hall–Kier alpha value is -4.21. The molecule has 0 saturated heterocycles. The monoisotopic (exact) mass is 432 g/mol. The number of anilines is 3. The maximum Gasteiger partial charge on any atom is 0.314 e. The van der Waals surface area contributed by atoms with Crippen LogP contribution in [0.5, 0.6) is 0 Å². The van der Waals surface area contributed by atoms with Crippen molar-refractivity contribution >= 4 is 28.9 Å². The Balaban J connectivity index is 1.67. The van der Waals surface area contributed by atoms with Crippen molar-refractivity contribution in [3.05, 3.63) is 69.0 Å². The average Bonchev–Trinajstić information content (AvgIpc) is 3.06. The predicted molar refractivity (Wildman–Crippen MR) is 125 cm³/mol. The van der Waals surface area contributed by atoms with E-state index in [-0.39, 0.29) is 17.3 Å². The number of nitrogens with one attached hydrogen (secondary N) is 1. The molecule has 10 heteroatoms. The fraction of sp³-hybridized carbons (Fsp3) is 0.227. The summed E-state index contributed by atoms with van der Waals surface area (Å²) in [5.74, 6) is 0.549. The van der Waals surface area contributed by atoms with Gasteiger partial charge in [-0.2, -0.15) is 0 Å². The first-order chi connectivity index (χ1) is 15.2. The molecule has 0 fully saturated rings. The summed E-state index contributed by atoms with van der Waals surface area (Å²) in [5, 5.41) is 14.7. The third-order valence-electron chi connectivity index (χ3n) is 5.07. The van der Waals surface area contributed by atoms with Gasteiger partial charge in [0.05, 0.1) is 16.3 Å². The minimum absolute atomic E-state index is 0.144. The summed E-state index contributed by atoms with van der Waals surface area (Å²) in [6.45, 7) is 6.39. The predicted octanol–water partition coefficient (Wildman–Crippen LogP) is 3.44. The number of nitrogen functional groups attached to an aromatic ring is 2. The van der Waals surface area contributed by atoms with Crippen molar-refractivity contribution in [2.45, 2.75) is 27.2 Å². The number of nitro groups is 1. The molecular formula is C22H24N8O2. The van der Waals surface area contributed by atoms with Gasteiger partial charge in [0.25, 0.3) is 0 Å². The zero-order valence-electron chi connectivity index (χ0n) is 18.1. The first-order valence-electron chi connectivity index (χ1n) is 10.1. The number of pyridine rings is 1. The third kappa shape index (κ3) is 4.15. The summed E-state index contributed by atoms with van der Waals surface area (Å²) in [4.78, 5) is 24.1. The highest BCUT2D eigenvalue weighted by atomic mass is 16.6. The number of nitrogens with two attached hydrogens (primary N) is 2. The number of imidazole rings is 1. The van der Waals surface area contributed by atoms with Gasteiger partial charge in [-0.25, -0.2) is 15.0 Å². The van der Waals surface area contributed by atoms with Crippen LogP contribution < -0.4 is 16.8 Å². The van der Waals surface area contributed by atoms with E-state index >= 15 is 0 Å². The molecule has 10 nitrogen and oxygen atoms in total. The van der Waals surface area contributed by atoms with E-state index in [0.29, 0.717) is 24.5 Å². The highest BCUT2D eigenvalue weighted by molar-refractivity contribution is 5.68. The van der Waals surface area contributed by atoms with E-state index in [2.05, 4.69) is 33.5 Å². The lowest BCUT2D eigenvalue weighted by Gasteiger charge is -2.12. The van der Waals surface area contributed by atoms with Gasteiger partial charge in [-0.05, 0) is 45.4 Å². The number of aryl methyl sites for hydroxylation is 3. The van der Waals surface area contributed by atoms with Gasteiger partial charge in [0, 0.05) is 29.9 Å². The molecule has 0 saturated carbocycles. The van der Waals surface area contributed by atoms with Crippen molar-refractivity contribution in [3.8, 4) is 11.3 Å². The Morgan fingerprint density at radius 3 is 2.44 bits per heavy atom. The van der Waals surface area contributed by atoms with Crippen LogP contribution in [0.3, 0.4) is 0 Å². The zero-order chi connectivity index (χ0) is 23.0. The Morgan fingerprint density at radius 1 is 1.03 bits per heavy atom. The molecule has 0 bridgehead atoms. The maximum absolute atomic E-state index is 11.4. The molecule has 3 heterocycles. The molecule has 0 unspecified atom stereocenters. The van der Waals surface area contributed by atoms with Crippen molar-refractivity contribution in [1.29, 1.82) is 0 Å². The third-order valence-corrected chi connectivity index (χ3v) is 5.07. The average molecular weight is 432 g/mol. The molecule has 32 heavy (non-hydrogen) atoms. The van der Waals surface area contributed by atoms with Gasteiger partial charge in [-0.3, -0.25) is 14.5 Å². The minimum atomic E-state index is -0.534. The second-order valence-electron chi connectivity index (χ2n) is 7.83.